The summed E-state index contributed by atoms with van der Waals surface area (Å²) in [4.78, 5) is 24.4. The molecule has 0 saturated carbocycles. The number of rotatable bonds is 5. The van der Waals surface area contributed by atoms with Crippen LogP contribution in [0.15, 0.2) is 46.3 Å². The van der Waals surface area contributed by atoms with Gasteiger partial charge in [0.15, 0.2) is 0 Å². The number of amides is 2. The fourth-order valence-electron chi connectivity index (χ4n) is 1.92. The Hall–Kier alpha value is -1.66. The zero-order valence-electron chi connectivity index (χ0n) is 11.4. The van der Waals surface area contributed by atoms with E-state index in [0.717, 1.165) is 15.0 Å². The molecule has 1 heterocycles. The van der Waals surface area contributed by atoms with E-state index in [1.54, 1.807) is 0 Å². The molecular formula is C15H15BrN2O2S. The van der Waals surface area contributed by atoms with E-state index in [4.69, 9.17) is 0 Å². The minimum absolute atomic E-state index is 0.139. The van der Waals surface area contributed by atoms with Crippen molar-refractivity contribution in [1.82, 2.24) is 5.32 Å². The molecule has 2 aromatic rings. The van der Waals surface area contributed by atoms with E-state index in [0.29, 0.717) is 0 Å². The number of hydrogen-bond acceptors (Lipinski definition) is 3. The van der Waals surface area contributed by atoms with Crippen LogP contribution in [-0.2, 0) is 9.59 Å². The Morgan fingerprint density at radius 1 is 1.29 bits per heavy atom. The monoisotopic (exact) mass is 366 g/mol. The molecule has 0 unspecified atom stereocenters. The molecule has 2 amide bonds. The van der Waals surface area contributed by atoms with Crippen LogP contribution < -0.4 is 10.6 Å². The minimum atomic E-state index is -0.297. The number of halogens is 1. The molecule has 21 heavy (non-hydrogen) atoms. The smallest absolute Gasteiger partial charge is 0.226 e. The van der Waals surface area contributed by atoms with E-state index in [9.17, 15) is 9.59 Å². The van der Waals surface area contributed by atoms with Crippen molar-refractivity contribution < 1.29 is 9.59 Å². The van der Waals surface area contributed by atoms with Gasteiger partial charge in [-0.3, -0.25) is 9.59 Å². The first kappa shape index (κ1) is 15.7. The molecule has 0 aliphatic rings. The molecule has 0 saturated heterocycles. The van der Waals surface area contributed by atoms with Crippen molar-refractivity contribution in [3.8, 4) is 0 Å². The zero-order valence-corrected chi connectivity index (χ0v) is 13.8. The van der Waals surface area contributed by atoms with Gasteiger partial charge in [0, 0.05) is 22.0 Å². The summed E-state index contributed by atoms with van der Waals surface area (Å²) >= 11 is 4.88. The normalized spacial score (nSPS) is 11.7. The lowest BCUT2D eigenvalue weighted by Gasteiger charge is -2.16. The summed E-state index contributed by atoms with van der Waals surface area (Å²) in [5.41, 5.74) is 0.724. The summed E-state index contributed by atoms with van der Waals surface area (Å²) in [7, 11) is 0. The van der Waals surface area contributed by atoms with Gasteiger partial charge >= 0.3 is 0 Å². The fraction of sp³-hybridized carbons (Fsp3) is 0.200. The van der Waals surface area contributed by atoms with Crippen LogP contribution in [0.5, 0.6) is 0 Å². The van der Waals surface area contributed by atoms with Gasteiger partial charge in [-0.2, -0.15) is 0 Å². The van der Waals surface area contributed by atoms with Gasteiger partial charge in [-0.25, -0.2) is 0 Å². The van der Waals surface area contributed by atoms with Crippen LogP contribution in [0.25, 0.3) is 0 Å². The van der Waals surface area contributed by atoms with Crippen molar-refractivity contribution in [2.75, 3.05) is 5.32 Å². The Morgan fingerprint density at radius 3 is 2.71 bits per heavy atom. The summed E-state index contributed by atoms with van der Waals surface area (Å²) in [5.74, 6) is -0.288. The quantitative estimate of drug-likeness (QED) is 0.846. The van der Waals surface area contributed by atoms with Crippen molar-refractivity contribution in [3.63, 3.8) is 0 Å². The maximum atomic E-state index is 12.1. The third kappa shape index (κ3) is 4.99. The second kappa shape index (κ2) is 7.38. The number of hydrogen-bond donors (Lipinski definition) is 2. The van der Waals surface area contributed by atoms with Crippen LogP contribution in [0, 0.1) is 0 Å². The van der Waals surface area contributed by atoms with Gasteiger partial charge in [0.2, 0.25) is 11.8 Å². The highest BCUT2D eigenvalue weighted by Crippen LogP contribution is 2.23. The molecule has 0 spiro atoms. The number of carbonyl (C=O) groups excluding carboxylic acids is 2. The number of benzene rings is 1. The summed E-state index contributed by atoms with van der Waals surface area (Å²) < 4.78 is 0.900. The number of carbonyl (C=O) groups is 2. The van der Waals surface area contributed by atoms with Gasteiger partial charge in [-0.15, -0.1) is 11.3 Å². The Bertz CT molecular complexity index is 628. The Labute approximate surface area is 135 Å². The van der Waals surface area contributed by atoms with Gasteiger partial charge in [-0.05, 0) is 29.6 Å². The zero-order chi connectivity index (χ0) is 15.2. The lowest BCUT2D eigenvalue weighted by molar-refractivity contribution is -0.120. The van der Waals surface area contributed by atoms with E-state index in [1.807, 2.05) is 41.8 Å². The molecule has 2 N–H and O–H groups in total. The molecule has 110 valence electrons. The molecule has 0 radical (unpaired) electrons. The average molecular weight is 367 g/mol. The number of thiophene rings is 1. The SMILES string of the molecule is CC(=O)N[C@H](CC(=O)Nc1cccc(Br)c1)c1cccs1. The summed E-state index contributed by atoms with van der Waals surface area (Å²) in [6.45, 7) is 1.45. The van der Waals surface area contributed by atoms with Crippen molar-refractivity contribution in [2.45, 2.75) is 19.4 Å². The molecule has 0 bridgehead atoms. The number of anilines is 1. The van der Waals surface area contributed by atoms with Crippen LogP contribution >= 0.6 is 27.3 Å². The predicted octanol–water partition coefficient (Wildman–Crippen LogP) is 3.72. The third-order valence-electron chi connectivity index (χ3n) is 2.76. The molecule has 0 aliphatic heterocycles. The van der Waals surface area contributed by atoms with E-state index >= 15 is 0 Å². The summed E-state index contributed by atoms with van der Waals surface area (Å²) in [5, 5.41) is 7.57. The molecule has 4 nitrogen and oxygen atoms in total. The maximum Gasteiger partial charge on any atom is 0.226 e. The summed E-state index contributed by atoms with van der Waals surface area (Å²) in [6, 6.07) is 10.9. The minimum Gasteiger partial charge on any atom is -0.348 e. The van der Waals surface area contributed by atoms with Crippen molar-refractivity contribution in [1.29, 1.82) is 0 Å². The van der Waals surface area contributed by atoms with Crippen LogP contribution in [0.2, 0.25) is 0 Å². The van der Waals surface area contributed by atoms with Gasteiger partial charge in [0.05, 0.1) is 12.5 Å². The Morgan fingerprint density at radius 2 is 2.10 bits per heavy atom. The lowest BCUT2D eigenvalue weighted by Crippen LogP contribution is -2.29. The first-order valence-electron chi connectivity index (χ1n) is 6.40. The standard InChI is InChI=1S/C15H15BrN2O2S/c1-10(19)17-13(14-6-3-7-21-14)9-15(20)18-12-5-2-4-11(16)8-12/h2-8,13H,9H2,1H3,(H,17,19)(H,18,20)/t13-/m1/s1. The highest BCUT2D eigenvalue weighted by Gasteiger charge is 2.18. The average Bonchev–Trinajstić information content (AvgIpc) is 2.91. The Kier molecular flexibility index (Phi) is 5.52. The van der Waals surface area contributed by atoms with Crippen LogP contribution in [-0.4, -0.2) is 11.8 Å². The molecule has 6 heteroatoms. The third-order valence-corrected chi connectivity index (χ3v) is 4.24. The van der Waals surface area contributed by atoms with E-state index < -0.39 is 0 Å². The van der Waals surface area contributed by atoms with Crippen LogP contribution in [0.3, 0.4) is 0 Å². The van der Waals surface area contributed by atoms with E-state index in [2.05, 4.69) is 26.6 Å². The Balaban J connectivity index is 2.02. The van der Waals surface area contributed by atoms with Crippen molar-refractivity contribution in [3.05, 3.63) is 51.1 Å². The maximum absolute atomic E-state index is 12.1. The molecule has 0 aliphatic carbocycles. The molecule has 1 aromatic carbocycles. The van der Waals surface area contributed by atoms with Crippen LogP contribution in [0.4, 0.5) is 5.69 Å². The molecule has 2 rings (SSSR count). The van der Waals surface area contributed by atoms with Gasteiger partial charge in [0.25, 0.3) is 0 Å². The second-order valence-electron chi connectivity index (χ2n) is 4.53. The first-order chi connectivity index (χ1) is 10.0. The van der Waals surface area contributed by atoms with Gasteiger partial charge < -0.3 is 10.6 Å². The van der Waals surface area contributed by atoms with Crippen molar-refractivity contribution >= 4 is 44.8 Å². The molecule has 1 atom stereocenters. The molecule has 0 fully saturated rings. The van der Waals surface area contributed by atoms with Gasteiger partial charge in [0.1, 0.15) is 0 Å². The lowest BCUT2D eigenvalue weighted by atomic mass is 10.1. The van der Waals surface area contributed by atoms with Crippen molar-refractivity contribution in [2.24, 2.45) is 0 Å². The van der Waals surface area contributed by atoms with Gasteiger partial charge in [-0.1, -0.05) is 28.1 Å². The second-order valence-corrected chi connectivity index (χ2v) is 6.43. The molecule has 1 aromatic heterocycles. The predicted molar refractivity (Wildman–Crippen MR) is 88.3 cm³/mol. The fourth-order valence-corrected chi connectivity index (χ4v) is 3.10. The topological polar surface area (TPSA) is 58.2 Å². The number of nitrogens with one attached hydrogen (secondary N) is 2. The first-order valence-corrected chi connectivity index (χ1v) is 8.08. The largest absolute Gasteiger partial charge is 0.348 e. The van der Waals surface area contributed by atoms with E-state index in [-0.39, 0.29) is 24.3 Å². The molecular weight excluding hydrogens is 352 g/mol. The highest BCUT2D eigenvalue weighted by atomic mass is 79.9. The summed E-state index contributed by atoms with van der Waals surface area (Å²) in [6.07, 6.45) is 0.201. The van der Waals surface area contributed by atoms with E-state index in [1.165, 1.54) is 18.3 Å². The van der Waals surface area contributed by atoms with Crippen LogP contribution in [0.1, 0.15) is 24.3 Å². The highest BCUT2D eigenvalue weighted by molar-refractivity contribution is 9.10.